The van der Waals surface area contributed by atoms with Crippen molar-refractivity contribution >= 4 is 5.91 Å². The van der Waals surface area contributed by atoms with Crippen molar-refractivity contribution < 1.29 is 18.0 Å². The van der Waals surface area contributed by atoms with Gasteiger partial charge in [-0.1, -0.05) is 30.3 Å². The lowest BCUT2D eigenvalue weighted by atomic mass is 9.91. The number of fused-ring (bicyclic) bond motifs is 1. The van der Waals surface area contributed by atoms with Gasteiger partial charge in [0.15, 0.2) is 5.69 Å². The summed E-state index contributed by atoms with van der Waals surface area (Å²) in [6.07, 6.45) is -1.96. The molecule has 0 spiro atoms. The van der Waals surface area contributed by atoms with Crippen LogP contribution in [0.4, 0.5) is 13.2 Å². The van der Waals surface area contributed by atoms with Crippen LogP contribution in [0.1, 0.15) is 33.7 Å². The Balaban J connectivity index is 1.62. The lowest BCUT2D eigenvalue weighted by Crippen LogP contribution is -2.40. The van der Waals surface area contributed by atoms with Crippen molar-refractivity contribution in [2.24, 2.45) is 7.05 Å². The predicted molar refractivity (Wildman–Crippen MR) is 95.6 cm³/mol. The third kappa shape index (κ3) is 5.09. The molecular formula is C19H23F3N4O. The molecule has 1 aromatic carbocycles. The summed E-state index contributed by atoms with van der Waals surface area (Å²) < 4.78 is 39.0. The fraction of sp³-hybridized carbons (Fsp3) is 0.474. The highest BCUT2D eigenvalue weighted by atomic mass is 19.4. The zero-order chi connectivity index (χ0) is 19.4. The van der Waals surface area contributed by atoms with E-state index in [2.05, 4.69) is 15.7 Å². The fourth-order valence-electron chi connectivity index (χ4n) is 3.45. The molecule has 1 unspecified atom stereocenters. The number of nitrogens with one attached hydrogen (secondary N) is 2. The smallest absolute Gasteiger partial charge is 0.350 e. The molecule has 1 atom stereocenters. The zero-order valence-corrected chi connectivity index (χ0v) is 15.1. The summed E-state index contributed by atoms with van der Waals surface area (Å²) in [5.41, 5.74) is 3.12. The third-order valence-corrected chi connectivity index (χ3v) is 4.80. The van der Waals surface area contributed by atoms with Crippen LogP contribution >= 0.6 is 0 Å². The molecule has 2 aromatic rings. The number of hydrogen-bond donors (Lipinski definition) is 2. The maximum atomic E-state index is 12.6. The quantitative estimate of drug-likeness (QED) is 0.809. The minimum atomic E-state index is -4.24. The average Bonchev–Trinajstić information content (AvgIpc) is 2.97. The number of alkyl halides is 3. The number of aromatic nitrogens is 2. The van der Waals surface area contributed by atoms with Gasteiger partial charge >= 0.3 is 6.18 Å². The van der Waals surface area contributed by atoms with Gasteiger partial charge in [0, 0.05) is 30.9 Å². The summed E-state index contributed by atoms with van der Waals surface area (Å²) >= 11 is 0. The van der Waals surface area contributed by atoms with E-state index in [-0.39, 0.29) is 11.9 Å². The molecule has 146 valence electrons. The molecule has 5 nitrogen and oxygen atoms in total. The molecule has 2 N–H and O–H groups in total. The summed E-state index contributed by atoms with van der Waals surface area (Å²) in [5, 5.41) is 9.73. The third-order valence-electron chi connectivity index (χ3n) is 4.80. The maximum absolute atomic E-state index is 12.6. The van der Waals surface area contributed by atoms with Crippen LogP contribution in [0.5, 0.6) is 0 Å². The molecule has 1 amide bonds. The van der Waals surface area contributed by atoms with Gasteiger partial charge in [0.25, 0.3) is 5.91 Å². The van der Waals surface area contributed by atoms with Gasteiger partial charge in [-0.3, -0.25) is 9.48 Å². The van der Waals surface area contributed by atoms with E-state index in [1.54, 1.807) is 11.7 Å². The van der Waals surface area contributed by atoms with Crippen LogP contribution in [-0.2, 0) is 26.3 Å². The highest BCUT2D eigenvalue weighted by Gasteiger charge is 2.32. The van der Waals surface area contributed by atoms with Gasteiger partial charge in [-0.15, -0.1) is 0 Å². The fourth-order valence-corrected chi connectivity index (χ4v) is 3.45. The van der Waals surface area contributed by atoms with Crippen LogP contribution in [0, 0.1) is 0 Å². The molecule has 1 aromatic heterocycles. The number of amides is 1. The monoisotopic (exact) mass is 380 g/mol. The van der Waals surface area contributed by atoms with Gasteiger partial charge in [0.05, 0.1) is 6.54 Å². The van der Waals surface area contributed by atoms with Crippen LogP contribution in [0.3, 0.4) is 0 Å². The Morgan fingerprint density at radius 3 is 2.74 bits per heavy atom. The van der Waals surface area contributed by atoms with E-state index in [0.29, 0.717) is 37.9 Å². The molecule has 0 fully saturated rings. The van der Waals surface area contributed by atoms with E-state index in [1.807, 2.05) is 30.3 Å². The van der Waals surface area contributed by atoms with E-state index in [4.69, 9.17) is 0 Å². The average molecular weight is 380 g/mol. The Kier molecular flexibility index (Phi) is 5.84. The molecular weight excluding hydrogens is 357 g/mol. The van der Waals surface area contributed by atoms with Crippen molar-refractivity contribution in [2.45, 2.75) is 37.9 Å². The Labute approximate surface area is 155 Å². The number of carbonyl (C=O) groups excluding carboxylic acids is 1. The summed E-state index contributed by atoms with van der Waals surface area (Å²) in [5.74, 6) is -0.278. The molecule has 0 saturated carbocycles. The topological polar surface area (TPSA) is 59.0 Å². The Morgan fingerprint density at radius 2 is 2.04 bits per heavy atom. The first kappa shape index (κ1) is 19.4. The maximum Gasteiger partial charge on any atom is 0.401 e. The second-order valence-corrected chi connectivity index (χ2v) is 6.82. The Hall–Kier alpha value is -2.35. The Bertz CT molecular complexity index is 786. The highest BCUT2D eigenvalue weighted by molar-refractivity contribution is 5.94. The second kappa shape index (κ2) is 8.12. The number of benzene rings is 1. The first-order chi connectivity index (χ1) is 12.8. The number of rotatable bonds is 6. The van der Waals surface area contributed by atoms with Crippen molar-refractivity contribution in [1.29, 1.82) is 0 Å². The first-order valence-corrected chi connectivity index (χ1v) is 9.00. The molecule has 0 bridgehead atoms. The number of hydrogen-bond acceptors (Lipinski definition) is 3. The highest BCUT2D eigenvalue weighted by Crippen LogP contribution is 2.25. The standard InChI is InChI=1S/C19H23F3N4O/c1-26-16-8-7-14(24-12-19(20,21)22)11-15(16)17(25-26)18(27)23-10-9-13-5-3-2-4-6-13/h2-6,14,24H,7-12H2,1H3,(H,23,27). The van der Waals surface area contributed by atoms with Crippen LogP contribution in [0.25, 0.3) is 0 Å². The summed E-state index contributed by atoms with van der Waals surface area (Å²) in [6, 6.07) is 9.50. The van der Waals surface area contributed by atoms with Gasteiger partial charge in [-0.05, 0) is 31.2 Å². The largest absolute Gasteiger partial charge is 0.401 e. The van der Waals surface area contributed by atoms with Crippen LogP contribution in [0.2, 0.25) is 0 Å². The molecule has 27 heavy (non-hydrogen) atoms. The van der Waals surface area contributed by atoms with Crippen molar-refractivity contribution in [1.82, 2.24) is 20.4 Å². The summed E-state index contributed by atoms with van der Waals surface area (Å²) in [7, 11) is 1.77. The second-order valence-electron chi connectivity index (χ2n) is 6.82. The number of aryl methyl sites for hydroxylation is 1. The SMILES string of the molecule is Cn1nc(C(=O)NCCc2ccccc2)c2c1CCC(NCC(F)(F)F)C2. The van der Waals surface area contributed by atoms with E-state index in [1.165, 1.54) is 0 Å². The van der Waals surface area contributed by atoms with Crippen LogP contribution in [-0.4, -0.2) is 41.0 Å². The van der Waals surface area contributed by atoms with Gasteiger partial charge in [0.1, 0.15) is 0 Å². The van der Waals surface area contributed by atoms with Crippen molar-refractivity contribution in [3.8, 4) is 0 Å². The summed E-state index contributed by atoms with van der Waals surface area (Å²) in [6.45, 7) is -0.546. The molecule has 3 rings (SSSR count). The molecule has 1 heterocycles. The number of carbonyl (C=O) groups is 1. The Morgan fingerprint density at radius 1 is 1.30 bits per heavy atom. The van der Waals surface area contributed by atoms with Gasteiger partial charge in [-0.2, -0.15) is 18.3 Å². The minimum absolute atomic E-state index is 0.278. The lowest BCUT2D eigenvalue weighted by molar-refractivity contribution is -0.126. The number of halogens is 3. The van der Waals surface area contributed by atoms with Crippen molar-refractivity contribution in [3.63, 3.8) is 0 Å². The molecule has 0 aliphatic heterocycles. The molecule has 0 radical (unpaired) electrons. The van der Waals surface area contributed by atoms with E-state index in [0.717, 1.165) is 16.8 Å². The van der Waals surface area contributed by atoms with Crippen LogP contribution < -0.4 is 10.6 Å². The minimum Gasteiger partial charge on any atom is -0.350 e. The molecule has 1 aliphatic rings. The van der Waals surface area contributed by atoms with Crippen LogP contribution in [0.15, 0.2) is 30.3 Å². The van der Waals surface area contributed by atoms with E-state index in [9.17, 15) is 18.0 Å². The molecule has 1 aliphatic carbocycles. The molecule has 0 saturated heterocycles. The van der Waals surface area contributed by atoms with E-state index >= 15 is 0 Å². The van der Waals surface area contributed by atoms with E-state index < -0.39 is 12.7 Å². The van der Waals surface area contributed by atoms with Gasteiger partial charge in [0.2, 0.25) is 0 Å². The van der Waals surface area contributed by atoms with Crippen molar-refractivity contribution in [2.75, 3.05) is 13.1 Å². The summed E-state index contributed by atoms with van der Waals surface area (Å²) in [4.78, 5) is 12.6. The van der Waals surface area contributed by atoms with Crippen molar-refractivity contribution in [3.05, 3.63) is 52.8 Å². The lowest BCUT2D eigenvalue weighted by Gasteiger charge is -2.24. The first-order valence-electron chi connectivity index (χ1n) is 9.00. The van der Waals surface area contributed by atoms with Gasteiger partial charge in [-0.25, -0.2) is 0 Å². The number of nitrogens with zero attached hydrogens (tertiary/aromatic N) is 2. The normalized spacial score (nSPS) is 16.8. The van der Waals surface area contributed by atoms with Gasteiger partial charge < -0.3 is 10.6 Å². The molecule has 8 heteroatoms. The predicted octanol–water partition coefficient (Wildman–Crippen LogP) is 2.40. The zero-order valence-electron chi connectivity index (χ0n) is 15.1.